The maximum Gasteiger partial charge on any atom is 0.416 e. The second-order valence-corrected chi connectivity index (χ2v) is 2.88. The first kappa shape index (κ1) is 14.7. The Labute approximate surface area is 92.3 Å². The molecule has 5 heteroatoms. The van der Waals surface area contributed by atoms with Crippen LogP contribution in [0.1, 0.15) is 31.9 Å². The van der Waals surface area contributed by atoms with Gasteiger partial charge in [0.15, 0.2) is 0 Å². The van der Waals surface area contributed by atoms with Crippen molar-refractivity contribution >= 4 is 5.69 Å². The van der Waals surface area contributed by atoms with Crippen LogP contribution in [0.25, 0.3) is 0 Å². The molecular weight excluding hydrogens is 222 g/mol. The van der Waals surface area contributed by atoms with Gasteiger partial charge in [-0.05, 0) is 24.1 Å². The van der Waals surface area contributed by atoms with Crippen LogP contribution in [0.5, 0.6) is 0 Å². The molecule has 0 fully saturated rings. The molecule has 0 saturated heterocycles. The monoisotopic (exact) mass is 237 g/mol. The minimum atomic E-state index is -4.53. The third-order valence-electron chi connectivity index (χ3n) is 1.91. The highest BCUT2D eigenvalue weighted by molar-refractivity contribution is 5.47. The van der Waals surface area contributed by atoms with Crippen LogP contribution in [0.3, 0.4) is 0 Å². The standard InChI is InChI=1S/C9H9F4N.C2H6/c1-2-5-3-8(14)7(10)4-6(5)9(11,12)13;1-2/h3-4H,2,14H2,1H3;1-2H3. The Morgan fingerprint density at radius 1 is 1.19 bits per heavy atom. The summed E-state index contributed by atoms with van der Waals surface area (Å²) >= 11 is 0. The van der Waals surface area contributed by atoms with Gasteiger partial charge < -0.3 is 5.73 Å². The molecule has 0 heterocycles. The lowest BCUT2D eigenvalue weighted by Gasteiger charge is -2.12. The highest BCUT2D eigenvalue weighted by atomic mass is 19.4. The normalized spacial score (nSPS) is 10.7. The Balaban J connectivity index is 0.00000106. The summed E-state index contributed by atoms with van der Waals surface area (Å²) in [6.07, 6.45) is -4.36. The molecule has 0 atom stereocenters. The molecule has 0 saturated carbocycles. The largest absolute Gasteiger partial charge is 0.416 e. The number of nitrogen functional groups attached to an aromatic ring is 1. The number of nitrogens with two attached hydrogens (primary N) is 1. The van der Waals surface area contributed by atoms with Crippen molar-refractivity contribution in [2.75, 3.05) is 5.73 Å². The molecule has 1 rings (SSSR count). The second kappa shape index (κ2) is 5.72. The Kier molecular flexibility index (Phi) is 5.27. The summed E-state index contributed by atoms with van der Waals surface area (Å²) in [4.78, 5) is 0. The molecule has 0 aromatic heterocycles. The molecule has 1 nitrogen and oxygen atoms in total. The molecule has 0 aliphatic heterocycles. The smallest absolute Gasteiger partial charge is 0.396 e. The molecule has 1 aromatic carbocycles. The van der Waals surface area contributed by atoms with Crippen molar-refractivity contribution < 1.29 is 17.6 Å². The van der Waals surface area contributed by atoms with Gasteiger partial charge in [0.2, 0.25) is 0 Å². The number of alkyl halides is 3. The first-order chi connectivity index (χ1) is 7.36. The first-order valence-electron chi connectivity index (χ1n) is 5.01. The van der Waals surface area contributed by atoms with E-state index in [1.54, 1.807) is 6.92 Å². The minimum Gasteiger partial charge on any atom is -0.396 e. The number of benzene rings is 1. The molecule has 0 spiro atoms. The van der Waals surface area contributed by atoms with Crippen molar-refractivity contribution in [3.63, 3.8) is 0 Å². The summed E-state index contributed by atoms with van der Waals surface area (Å²) in [6, 6.07) is 1.46. The molecule has 0 aliphatic carbocycles. The van der Waals surface area contributed by atoms with E-state index in [2.05, 4.69) is 0 Å². The minimum absolute atomic E-state index is 0.0106. The van der Waals surface area contributed by atoms with E-state index in [0.717, 1.165) is 6.07 Å². The summed E-state index contributed by atoms with van der Waals surface area (Å²) in [7, 11) is 0. The lowest BCUT2D eigenvalue weighted by molar-refractivity contribution is -0.138. The molecular formula is C11H15F4N. The first-order valence-corrected chi connectivity index (χ1v) is 5.01. The zero-order valence-corrected chi connectivity index (χ0v) is 9.45. The summed E-state index contributed by atoms with van der Waals surface area (Å²) in [6.45, 7) is 5.56. The molecule has 92 valence electrons. The van der Waals surface area contributed by atoms with E-state index in [1.807, 2.05) is 13.8 Å². The Morgan fingerprint density at radius 2 is 1.69 bits per heavy atom. The van der Waals surface area contributed by atoms with Crippen molar-refractivity contribution in [1.29, 1.82) is 0 Å². The van der Waals surface area contributed by atoms with Gasteiger partial charge in [0.05, 0.1) is 11.3 Å². The highest BCUT2D eigenvalue weighted by Gasteiger charge is 2.33. The maximum atomic E-state index is 12.8. The van der Waals surface area contributed by atoms with Gasteiger partial charge in [-0.3, -0.25) is 0 Å². The molecule has 0 bridgehead atoms. The average molecular weight is 237 g/mol. The van der Waals surface area contributed by atoms with Crippen molar-refractivity contribution in [2.45, 2.75) is 33.4 Å². The lowest BCUT2D eigenvalue weighted by atomic mass is 10.0. The zero-order chi connectivity index (χ0) is 12.9. The topological polar surface area (TPSA) is 26.0 Å². The quantitative estimate of drug-likeness (QED) is 0.579. The average Bonchev–Trinajstić information content (AvgIpc) is 2.23. The number of hydrogen-bond donors (Lipinski definition) is 1. The summed E-state index contributed by atoms with van der Waals surface area (Å²) in [5, 5.41) is 0. The van der Waals surface area contributed by atoms with E-state index in [4.69, 9.17) is 5.73 Å². The Hall–Kier alpha value is -1.26. The van der Waals surface area contributed by atoms with Crippen LogP contribution in [0.2, 0.25) is 0 Å². The van der Waals surface area contributed by atoms with Crippen LogP contribution >= 0.6 is 0 Å². The van der Waals surface area contributed by atoms with E-state index in [1.165, 1.54) is 0 Å². The van der Waals surface area contributed by atoms with Crippen LogP contribution in [0, 0.1) is 5.82 Å². The number of halogens is 4. The Bertz CT molecular complexity index is 345. The third kappa shape index (κ3) is 3.40. The van der Waals surface area contributed by atoms with Gasteiger partial charge in [-0.2, -0.15) is 13.2 Å². The number of anilines is 1. The summed E-state index contributed by atoms with van der Waals surface area (Å²) < 4.78 is 49.8. The van der Waals surface area contributed by atoms with Gasteiger partial charge in [0.25, 0.3) is 0 Å². The van der Waals surface area contributed by atoms with Crippen molar-refractivity contribution in [3.05, 3.63) is 29.1 Å². The van der Waals surface area contributed by atoms with Gasteiger partial charge >= 0.3 is 6.18 Å². The van der Waals surface area contributed by atoms with Gasteiger partial charge in [-0.1, -0.05) is 20.8 Å². The van der Waals surface area contributed by atoms with E-state index >= 15 is 0 Å². The van der Waals surface area contributed by atoms with Crippen molar-refractivity contribution in [3.8, 4) is 0 Å². The van der Waals surface area contributed by atoms with Gasteiger partial charge in [-0.25, -0.2) is 4.39 Å². The third-order valence-corrected chi connectivity index (χ3v) is 1.91. The fourth-order valence-electron chi connectivity index (χ4n) is 1.19. The number of rotatable bonds is 1. The van der Waals surface area contributed by atoms with Crippen LogP contribution < -0.4 is 5.73 Å². The van der Waals surface area contributed by atoms with Crippen LogP contribution in [-0.2, 0) is 12.6 Å². The summed E-state index contributed by atoms with van der Waals surface area (Å²) in [5.74, 6) is -1.03. The molecule has 1 aromatic rings. The number of aryl methyl sites for hydroxylation is 1. The van der Waals surface area contributed by atoms with E-state index in [9.17, 15) is 17.6 Å². The molecule has 2 N–H and O–H groups in total. The predicted molar refractivity (Wildman–Crippen MR) is 56.5 cm³/mol. The lowest BCUT2D eigenvalue weighted by Crippen LogP contribution is -2.10. The SMILES string of the molecule is CC.CCc1cc(N)c(F)cc1C(F)(F)F. The maximum absolute atomic E-state index is 12.8. The Morgan fingerprint density at radius 3 is 2.06 bits per heavy atom. The van der Waals surface area contributed by atoms with E-state index in [0.29, 0.717) is 6.07 Å². The van der Waals surface area contributed by atoms with E-state index in [-0.39, 0.29) is 17.7 Å². The zero-order valence-electron chi connectivity index (χ0n) is 9.45. The number of hydrogen-bond acceptors (Lipinski definition) is 1. The molecule has 0 radical (unpaired) electrons. The molecule has 0 unspecified atom stereocenters. The van der Waals surface area contributed by atoms with Crippen LogP contribution in [0.15, 0.2) is 12.1 Å². The van der Waals surface area contributed by atoms with Gasteiger partial charge in [-0.15, -0.1) is 0 Å². The highest BCUT2D eigenvalue weighted by Crippen LogP contribution is 2.34. The van der Waals surface area contributed by atoms with Crippen molar-refractivity contribution in [2.24, 2.45) is 0 Å². The fourth-order valence-corrected chi connectivity index (χ4v) is 1.19. The van der Waals surface area contributed by atoms with Crippen LogP contribution in [-0.4, -0.2) is 0 Å². The van der Waals surface area contributed by atoms with Crippen LogP contribution in [0.4, 0.5) is 23.2 Å². The molecule has 0 amide bonds. The summed E-state index contributed by atoms with van der Waals surface area (Å²) in [5.41, 5.74) is 3.97. The molecule has 0 aliphatic rings. The second-order valence-electron chi connectivity index (χ2n) is 2.88. The predicted octanol–water partition coefficient (Wildman–Crippen LogP) is 4.02. The fraction of sp³-hybridized carbons (Fsp3) is 0.455. The van der Waals surface area contributed by atoms with E-state index < -0.39 is 17.6 Å². The van der Waals surface area contributed by atoms with Gasteiger partial charge in [0.1, 0.15) is 5.82 Å². The van der Waals surface area contributed by atoms with Crippen molar-refractivity contribution in [1.82, 2.24) is 0 Å². The van der Waals surface area contributed by atoms with Gasteiger partial charge in [0, 0.05) is 0 Å². The molecule has 16 heavy (non-hydrogen) atoms.